The van der Waals surface area contributed by atoms with Crippen LogP contribution >= 0.6 is 11.6 Å². The van der Waals surface area contributed by atoms with Crippen molar-refractivity contribution in [3.05, 3.63) is 34.3 Å². The van der Waals surface area contributed by atoms with Crippen LogP contribution in [-0.2, 0) is 0 Å². The Hall–Kier alpha value is -1.03. The number of hydrogen-bond acceptors (Lipinski definition) is 1. The van der Waals surface area contributed by atoms with Gasteiger partial charge in [-0.15, -0.1) is 0 Å². The highest BCUT2D eigenvalue weighted by Gasteiger charge is 2.18. The van der Waals surface area contributed by atoms with E-state index in [1.54, 1.807) is 0 Å². The molecule has 0 bridgehead atoms. The van der Waals surface area contributed by atoms with Gasteiger partial charge in [0.05, 0.1) is 5.56 Å². The third-order valence-electron chi connectivity index (χ3n) is 1.46. The molecule has 1 aromatic rings. The topological polar surface area (TPSA) is 17.1 Å². The largest absolute Gasteiger partial charge is 0.332 e. The first-order valence-corrected chi connectivity index (χ1v) is 3.67. The predicted octanol–water partition coefficient (Wildman–Crippen LogP) is 3.39. The summed E-state index contributed by atoms with van der Waals surface area (Å²) in [5.74, 6) is 0. The molecule has 0 saturated heterocycles. The van der Waals surface area contributed by atoms with Gasteiger partial charge >= 0.3 is 6.04 Å². The first-order chi connectivity index (χ1) is 6.02. The summed E-state index contributed by atoms with van der Waals surface area (Å²) in [6.45, 7) is 0. The molecule has 5 heteroatoms. The van der Waals surface area contributed by atoms with E-state index in [2.05, 4.69) is 0 Å². The second kappa shape index (κ2) is 3.79. The van der Waals surface area contributed by atoms with Gasteiger partial charge in [0.15, 0.2) is 0 Å². The molecule has 1 rings (SSSR count). The fourth-order valence-corrected chi connectivity index (χ4v) is 1.07. The third-order valence-corrected chi connectivity index (χ3v) is 1.70. The lowest BCUT2D eigenvalue weighted by atomic mass is 10.1. The van der Waals surface area contributed by atoms with E-state index in [0.717, 1.165) is 12.1 Å². The molecule has 0 amide bonds. The SMILES string of the molecule is O=C(F)c1ccc(Cl)cc1C(F)F. The molecule has 0 atom stereocenters. The highest BCUT2D eigenvalue weighted by molar-refractivity contribution is 6.30. The van der Waals surface area contributed by atoms with Gasteiger partial charge in [0.25, 0.3) is 6.43 Å². The van der Waals surface area contributed by atoms with E-state index in [-0.39, 0.29) is 5.02 Å². The minimum atomic E-state index is -2.91. The van der Waals surface area contributed by atoms with Crippen LogP contribution in [0.2, 0.25) is 5.02 Å². The van der Waals surface area contributed by atoms with Crippen LogP contribution in [0.15, 0.2) is 18.2 Å². The molecule has 0 saturated carbocycles. The summed E-state index contributed by atoms with van der Waals surface area (Å²) in [6.07, 6.45) is -2.91. The van der Waals surface area contributed by atoms with Gasteiger partial charge in [0.1, 0.15) is 0 Å². The Labute approximate surface area is 77.1 Å². The summed E-state index contributed by atoms with van der Waals surface area (Å²) < 4.78 is 36.6. The quantitative estimate of drug-likeness (QED) is 0.681. The van der Waals surface area contributed by atoms with E-state index in [1.165, 1.54) is 6.07 Å². The van der Waals surface area contributed by atoms with E-state index in [0.29, 0.717) is 0 Å². The minimum Gasteiger partial charge on any atom is -0.255 e. The maximum absolute atomic E-state index is 12.2. The molecule has 13 heavy (non-hydrogen) atoms. The van der Waals surface area contributed by atoms with Crippen LogP contribution < -0.4 is 0 Å². The first kappa shape index (κ1) is 10.1. The molecule has 1 nitrogen and oxygen atoms in total. The van der Waals surface area contributed by atoms with Crippen LogP contribution in [0.5, 0.6) is 0 Å². The van der Waals surface area contributed by atoms with Crippen LogP contribution in [0, 0.1) is 0 Å². The van der Waals surface area contributed by atoms with Crippen molar-refractivity contribution in [1.29, 1.82) is 0 Å². The van der Waals surface area contributed by atoms with Crippen molar-refractivity contribution in [1.82, 2.24) is 0 Å². The van der Waals surface area contributed by atoms with Gasteiger partial charge in [-0.1, -0.05) is 11.6 Å². The summed E-state index contributed by atoms with van der Waals surface area (Å²) in [5, 5.41) is 0.0419. The molecule has 0 aliphatic heterocycles. The molecule has 0 heterocycles. The van der Waals surface area contributed by atoms with Gasteiger partial charge in [-0.05, 0) is 18.2 Å². The molecule has 0 unspecified atom stereocenters. The highest BCUT2D eigenvalue weighted by atomic mass is 35.5. The van der Waals surface area contributed by atoms with Crippen molar-refractivity contribution in [2.24, 2.45) is 0 Å². The molecule has 0 aliphatic carbocycles. The van der Waals surface area contributed by atoms with Gasteiger partial charge in [-0.3, -0.25) is 4.79 Å². The number of hydrogen-bond donors (Lipinski definition) is 0. The van der Waals surface area contributed by atoms with Crippen molar-refractivity contribution < 1.29 is 18.0 Å². The molecule has 0 aliphatic rings. The second-order valence-electron chi connectivity index (χ2n) is 2.31. The number of alkyl halides is 2. The standard InChI is InChI=1S/C8H4ClF3O/c9-4-1-2-5(8(12)13)6(3-4)7(10)11/h1-3,7H. The number of halogens is 4. The third kappa shape index (κ3) is 2.21. The van der Waals surface area contributed by atoms with Crippen LogP contribution in [0.3, 0.4) is 0 Å². The normalized spacial score (nSPS) is 10.5. The summed E-state index contributed by atoms with van der Waals surface area (Å²) in [6, 6.07) is 1.11. The summed E-state index contributed by atoms with van der Waals surface area (Å²) in [4.78, 5) is 10.2. The zero-order valence-corrected chi connectivity index (χ0v) is 6.99. The molecule has 70 valence electrons. The van der Waals surface area contributed by atoms with Crippen LogP contribution in [0.4, 0.5) is 13.2 Å². The van der Waals surface area contributed by atoms with Crippen molar-refractivity contribution in [2.45, 2.75) is 6.43 Å². The first-order valence-electron chi connectivity index (χ1n) is 3.30. The average Bonchev–Trinajstić information content (AvgIpc) is 2.03. The maximum atomic E-state index is 12.2. The number of carbonyl (C=O) groups excluding carboxylic acids is 1. The lowest BCUT2D eigenvalue weighted by molar-refractivity contribution is 0.0823. The zero-order chi connectivity index (χ0) is 10.0. The number of carbonyl (C=O) groups is 1. The second-order valence-corrected chi connectivity index (χ2v) is 2.74. The fourth-order valence-electron chi connectivity index (χ4n) is 0.893. The van der Waals surface area contributed by atoms with E-state index in [1.807, 2.05) is 0 Å². The van der Waals surface area contributed by atoms with Gasteiger partial charge in [-0.25, -0.2) is 8.78 Å². The summed E-state index contributed by atoms with van der Waals surface area (Å²) >= 11 is 5.40. The van der Waals surface area contributed by atoms with Gasteiger partial charge in [0, 0.05) is 10.6 Å². The molecule has 0 radical (unpaired) electrons. The van der Waals surface area contributed by atoms with E-state index in [9.17, 15) is 18.0 Å². The van der Waals surface area contributed by atoms with E-state index < -0.39 is 23.6 Å². The molecule has 0 spiro atoms. The van der Waals surface area contributed by atoms with Crippen molar-refractivity contribution in [3.8, 4) is 0 Å². The Morgan fingerprint density at radius 2 is 2.00 bits per heavy atom. The minimum absolute atomic E-state index is 0.0419. The van der Waals surface area contributed by atoms with Gasteiger partial charge in [0.2, 0.25) is 0 Å². The molecular formula is C8H4ClF3O. The summed E-state index contributed by atoms with van der Waals surface area (Å²) in [7, 11) is 0. The van der Waals surface area contributed by atoms with Crippen molar-refractivity contribution >= 4 is 17.6 Å². The fraction of sp³-hybridized carbons (Fsp3) is 0.125. The molecule has 0 N–H and O–H groups in total. The highest BCUT2D eigenvalue weighted by Crippen LogP contribution is 2.26. The lowest BCUT2D eigenvalue weighted by Gasteiger charge is -2.03. The van der Waals surface area contributed by atoms with E-state index in [4.69, 9.17) is 11.6 Å². The Balaban J connectivity index is 3.26. The molecule has 1 aromatic carbocycles. The Kier molecular flexibility index (Phi) is 2.93. The van der Waals surface area contributed by atoms with Crippen LogP contribution in [0.25, 0.3) is 0 Å². The Morgan fingerprint density at radius 1 is 1.38 bits per heavy atom. The monoisotopic (exact) mass is 208 g/mol. The van der Waals surface area contributed by atoms with Crippen molar-refractivity contribution in [3.63, 3.8) is 0 Å². The number of rotatable bonds is 2. The average molecular weight is 209 g/mol. The zero-order valence-electron chi connectivity index (χ0n) is 6.23. The van der Waals surface area contributed by atoms with Crippen LogP contribution in [-0.4, -0.2) is 6.04 Å². The number of benzene rings is 1. The summed E-state index contributed by atoms with van der Waals surface area (Å²) in [5.41, 5.74) is -1.32. The Bertz CT molecular complexity index is 338. The van der Waals surface area contributed by atoms with Gasteiger partial charge < -0.3 is 0 Å². The van der Waals surface area contributed by atoms with E-state index >= 15 is 0 Å². The van der Waals surface area contributed by atoms with Gasteiger partial charge in [-0.2, -0.15) is 4.39 Å². The molecule has 0 fully saturated rings. The van der Waals surface area contributed by atoms with Crippen molar-refractivity contribution in [2.75, 3.05) is 0 Å². The predicted molar refractivity (Wildman–Crippen MR) is 41.8 cm³/mol. The maximum Gasteiger partial charge on any atom is 0.332 e. The smallest absolute Gasteiger partial charge is 0.255 e. The molecular weight excluding hydrogens is 205 g/mol. The molecule has 0 aromatic heterocycles. The lowest BCUT2D eigenvalue weighted by Crippen LogP contribution is -1.98. The Morgan fingerprint density at radius 3 is 2.46 bits per heavy atom. The van der Waals surface area contributed by atoms with Crippen LogP contribution in [0.1, 0.15) is 22.3 Å².